The fourth-order valence-corrected chi connectivity index (χ4v) is 2.62. The maximum absolute atomic E-state index is 12.2. The lowest BCUT2D eigenvalue weighted by atomic mass is 10.1. The topological polar surface area (TPSA) is 88.1 Å². The van der Waals surface area contributed by atoms with Gasteiger partial charge < -0.3 is 24.8 Å². The predicted molar refractivity (Wildman–Crippen MR) is 94.6 cm³/mol. The number of urea groups is 1. The molecule has 1 heterocycles. The van der Waals surface area contributed by atoms with Gasteiger partial charge in [-0.2, -0.15) is 0 Å². The van der Waals surface area contributed by atoms with Crippen molar-refractivity contribution in [2.24, 2.45) is 0 Å². The van der Waals surface area contributed by atoms with Crippen LogP contribution in [-0.4, -0.2) is 48.3 Å². The minimum atomic E-state index is -0.975. The maximum atomic E-state index is 12.2. The van der Waals surface area contributed by atoms with E-state index in [9.17, 15) is 9.59 Å². The number of ether oxygens (including phenoxy) is 2. The Hall–Kier alpha value is -3.22. The number of carbonyl (C=O) groups is 2. The summed E-state index contributed by atoms with van der Waals surface area (Å²) in [5, 5.41) is 11.7. The molecule has 0 aromatic heterocycles. The molecule has 0 fully saturated rings. The average Bonchev–Trinajstić information content (AvgIpc) is 2.66. The van der Waals surface area contributed by atoms with Gasteiger partial charge in [0.05, 0.1) is 12.1 Å². The van der Waals surface area contributed by atoms with Crippen LogP contribution in [0.5, 0.6) is 11.5 Å². The Morgan fingerprint density at radius 3 is 2.54 bits per heavy atom. The summed E-state index contributed by atoms with van der Waals surface area (Å²) in [4.78, 5) is 24.6. The molecule has 1 atom stereocenters. The summed E-state index contributed by atoms with van der Waals surface area (Å²) in [5.41, 5.74) is 1.04. The minimum Gasteiger partial charge on any atom is -0.486 e. The van der Waals surface area contributed by atoms with Crippen LogP contribution in [-0.2, 0) is 6.54 Å². The van der Waals surface area contributed by atoms with Gasteiger partial charge in [-0.25, -0.2) is 9.59 Å². The van der Waals surface area contributed by atoms with Gasteiger partial charge in [0.15, 0.2) is 17.6 Å². The van der Waals surface area contributed by atoms with E-state index in [1.54, 1.807) is 19.2 Å². The Bertz CT molecular complexity index is 791. The molecule has 0 saturated heterocycles. The summed E-state index contributed by atoms with van der Waals surface area (Å²) in [6, 6.07) is 13.6. The van der Waals surface area contributed by atoms with Gasteiger partial charge in [0, 0.05) is 13.6 Å². The van der Waals surface area contributed by atoms with Crippen molar-refractivity contribution >= 4 is 12.0 Å². The highest BCUT2D eigenvalue weighted by atomic mass is 16.6. The van der Waals surface area contributed by atoms with E-state index in [-0.39, 0.29) is 17.7 Å². The first-order valence-corrected chi connectivity index (χ1v) is 8.22. The van der Waals surface area contributed by atoms with Gasteiger partial charge in [0.25, 0.3) is 0 Å². The minimum absolute atomic E-state index is 0.215. The molecule has 0 radical (unpaired) electrons. The Labute approximate surface area is 151 Å². The van der Waals surface area contributed by atoms with Crippen molar-refractivity contribution in [2.75, 3.05) is 20.2 Å². The van der Waals surface area contributed by atoms with Crippen LogP contribution in [0.25, 0.3) is 0 Å². The third kappa shape index (κ3) is 4.24. The number of carbonyl (C=O) groups excluding carboxylic acids is 1. The second-order valence-electron chi connectivity index (χ2n) is 6.04. The molecule has 26 heavy (non-hydrogen) atoms. The summed E-state index contributed by atoms with van der Waals surface area (Å²) in [7, 11) is 1.69. The highest BCUT2D eigenvalue weighted by Crippen LogP contribution is 2.30. The van der Waals surface area contributed by atoms with E-state index in [2.05, 4.69) is 5.32 Å². The third-order valence-electron chi connectivity index (χ3n) is 4.04. The van der Waals surface area contributed by atoms with Crippen molar-refractivity contribution in [2.45, 2.75) is 12.6 Å². The van der Waals surface area contributed by atoms with Gasteiger partial charge in [0.2, 0.25) is 0 Å². The highest BCUT2D eigenvalue weighted by Gasteiger charge is 2.23. The Morgan fingerprint density at radius 2 is 1.85 bits per heavy atom. The molecule has 0 bridgehead atoms. The summed E-state index contributed by atoms with van der Waals surface area (Å²) >= 11 is 0. The van der Waals surface area contributed by atoms with Crippen LogP contribution < -0.4 is 14.8 Å². The highest BCUT2D eigenvalue weighted by molar-refractivity contribution is 5.87. The van der Waals surface area contributed by atoms with Crippen molar-refractivity contribution in [1.29, 1.82) is 0 Å². The van der Waals surface area contributed by atoms with E-state index in [0.717, 1.165) is 5.56 Å². The molecule has 1 aliphatic heterocycles. The zero-order valence-electron chi connectivity index (χ0n) is 14.3. The van der Waals surface area contributed by atoms with E-state index in [0.29, 0.717) is 31.2 Å². The number of nitrogens with zero attached hydrogens (tertiary/aromatic N) is 1. The molecule has 7 heteroatoms. The van der Waals surface area contributed by atoms with Crippen molar-refractivity contribution in [3.8, 4) is 11.5 Å². The van der Waals surface area contributed by atoms with Crippen LogP contribution in [0.4, 0.5) is 4.79 Å². The normalized spacial score (nSPS) is 15.2. The third-order valence-corrected chi connectivity index (χ3v) is 4.04. The number of amides is 2. The van der Waals surface area contributed by atoms with Gasteiger partial charge >= 0.3 is 12.0 Å². The van der Waals surface area contributed by atoms with Gasteiger partial charge in [-0.05, 0) is 29.8 Å². The Morgan fingerprint density at radius 1 is 1.15 bits per heavy atom. The van der Waals surface area contributed by atoms with Crippen LogP contribution in [0.3, 0.4) is 0 Å². The lowest BCUT2D eigenvalue weighted by Crippen LogP contribution is -2.45. The van der Waals surface area contributed by atoms with Gasteiger partial charge in [-0.1, -0.05) is 24.3 Å². The summed E-state index contributed by atoms with van der Waals surface area (Å²) in [6.07, 6.45) is -0.240. The zero-order chi connectivity index (χ0) is 18.5. The van der Waals surface area contributed by atoms with E-state index in [1.165, 1.54) is 17.0 Å². The predicted octanol–water partition coefficient (Wildman–Crippen LogP) is 2.37. The molecule has 3 rings (SSSR count). The lowest BCUT2D eigenvalue weighted by molar-refractivity contribution is 0.0696. The van der Waals surface area contributed by atoms with Crippen LogP contribution in [0, 0.1) is 0 Å². The molecule has 2 aromatic carbocycles. The van der Waals surface area contributed by atoms with Crippen LogP contribution in [0.15, 0.2) is 48.5 Å². The van der Waals surface area contributed by atoms with Gasteiger partial charge in [-0.15, -0.1) is 0 Å². The lowest BCUT2D eigenvalue weighted by Gasteiger charge is -2.29. The smallest absolute Gasteiger partial charge is 0.335 e. The van der Waals surface area contributed by atoms with Crippen LogP contribution in [0.1, 0.15) is 15.9 Å². The van der Waals surface area contributed by atoms with E-state index in [4.69, 9.17) is 14.6 Å². The monoisotopic (exact) mass is 356 g/mol. The number of likely N-dealkylation sites (N-methyl/N-ethyl adjacent to an activating group) is 1. The SMILES string of the molecule is CN(CC1COc2ccccc2O1)C(=O)NCc1ccc(C(=O)O)cc1. The molecule has 2 amide bonds. The number of nitrogens with one attached hydrogen (secondary N) is 1. The molecule has 1 unspecified atom stereocenters. The van der Waals surface area contributed by atoms with E-state index < -0.39 is 5.97 Å². The summed E-state index contributed by atoms with van der Waals surface area (Å²) < 4.78 is 11.5. The van der Waals surface area contributed by atoms with Crippen molar-refractivity contribution in [3.63, 3.8) is 0 Å². The van der Waals surface area contributed by atoms with Crippen LogP contribution in [0.2, 0.25) is 0 Å². The molecule has 1 aliphatic rings. The first-order chi connectivity index (χ1) is 12.5. The fraction of sp³-hybridized carbons (Fsp3) is 0.263. The van der Waals surface area contributed by atoms with E-state index >= 15 is 0 Å². The summed E-state index contributed by atoms with van der Waals surface area (Å²) in [6.45, 7) is 1.08. The number of fused-ring (bicyclic) bond motifs is 1. The molecular formula is C19H20N2O5. The maximum Gasteiger partial charge on any atom is 0.335 e. The molecule has 2 N–H and O–H groups in total. The van der Waals surface area contributed by atoms with Crippen molar-refractivity contribution in [3.05, 3.63) is 59.7 Å². The Kier molecular flexibility index (Phi) is 5.26. The second kappa shape index (κ2) is 7.77. The number of para-hydroxylation sites is 2. The molecule has 0 saturated carbocycles. The first kappa shape index (κ1) is 17.6. The molecule has 0 spiro atoms. The fourth-order valence-electron chi connectivity index (χ4n) is 2.62. The molecule has 2 aromatic rings. The van der Waals surface area contributed by atoms with Gasteiger partial charge in [-0.3, -0.25) is 0 Å². The number of aromatic carboxylic acids is 1. The molecular weight excluding hydrogens is 336 g/mol. The number of benzene rings is 2. The standard InChI is InChI=1S/C19H20N2O5/c1-21(11-15-12-25-16-4-2-3-5-17(16)26-15)19(24)20-10-13-6-8-14(9-7-13)18(22)23/h2-9,15H,10-12H2,1H3,(H,20,24)(H,22,23). The van der Waals surface area contributed by atoms with Gasteiger partial charge in [0.1, 0.15) is 6.61 Å². The van der Waals surface area contributed by atoms with Crippen molar-refractivity contribution < 1.29 is 24.2 Å². The number of carboxylic acids is 1. The largest absolute Gasteiger partial charge is 0.486 e. The number of hydrogen-bond donors (Lipinski definition) is 2. The summed E-state index contributed by atoms with van der Waals surface area (Å²) in [5.74, 6) is 0.410. The quantitative estimate of drug-likeness (QED) is 0.859. The zero-order valence-corrected chi connectivity index (χ0v) is 14.3. The average molecular weight is 356 g/mol. The number of hydrogen-bond acceptors (Lipinski definition) is 4. The van der Waals surface area contributed by atoms with Crippen molar-refractivity contribution in [1.82, 2.24) is 10.2 Å². The second-order valence-corrected chi connectivity index (χ2v) is 6.04. The first-order valence-electron chi connectivity index (χ1n) is 8.22. The number of carboxylic acid groups (broad SMARTS) is 1. The Balaban J connectivity index is 1.48. The number of rotatable bonds is 5. The van der Waals surface area contributed by atoms with E-state index in [1.807, 2.05) is 24.3 Å². The molecule has 0 aliphatic carbocycles. The van der Waals surface area contributed by atoms with Crippen LogP contribution >= 0.6 is 0 Å². The molecule has 136 valence electrons. The molecule has 7 nitrogen and oxygen atoms in total.